The highest BCUT2D eigenvalue weighted by atomic mass is 35.5. The van der Waals surface area contributed by atoms with Crippen LogP contribution in [0.2, 0.25) is 0 Å². The molecule has 1 fully saturated rings. The van der Waals surface area contributed by atoms with Crippen LogP contribution in [0.3, 0.4) is 0 Å². The molecule has 132 valence electrons. The van der Waals surface area contributed by atoms with Gasteiger partial charge in [0.15, 0.2) is 0 Å². The maximum absolute atomic E-state index is 12.3. The van der Waals surface area contributed by atoms with Crippen LogP contribution in [0.15, 0.2) is 0 Å². The summed E-state index contributed by atoms with van der Waals surface area (Å²) < 4.78 is 0. The molecule has 0 unspecified atom stereocenters. The third-order valence-corrected chi connectivity index (χ3v) is 4.53. The normalized spacial score (nSPS) is 23.5. The lowest BCUT2D eigenvalue weighted by Gasteiger charge is -2.34. The molecule has 0 aromatic carbocycles. The Labute approximate surface area is 149 Å². The van der Waals surface area contributed by atoms with Gasteiger partial charge in [-0.3, -0.25) is 9.89 Å². The number of halogens is 2. The molecule has 1 aromatic rings. The van der Waals surface area contributed by atoms with Crippen molar-refractivity contribution in [2.45, 2.75) is 57.1 Å². The summed E-state index contributed by atoms with van der Waals surface area (Å²) in [5.74, 6) is 0.0664. The fourth-order valence-corrected chi connectivity index (χ4v) is 3.45. The summed E-state index contributed by atoms with van der Waals surface area (Å²) >= 11 is 0. The Balaban J connectivity index is 0.00000132. The number of aliphatic hydroxyl groups excluding tert-OH is 1. The number of amides is 1. The first kappa shape index (κ1) is 20.2. The van der Waals surface area contributed by atoms with E-state index >= 15 is 0 Å². The Kier molecular flexibility index (Phi) is 7.80. The van der Waals surface area contributed by atoms with E-state index in [9.17, 15) is 9.90 Å². The van der Waals surface area contributed by atoms with E-state index in [0.717, 1.165) is 18.5 Å². The number of aryl methyl sites for hydroxylation is 2. The Morgan fingerprint density at radius 2 is 2.04 bits per heavy atom. The molecule has 0 spiro atoms. The number of rotatable bonds is 3. The molecule has 2 atom stereocenters. The van der Waals surface area contributed by atoms with Crippen LogP contribution >= 0.6 is 24.8 Å². The van der Waals surface area contributed by atoms with Crippen molar-refractivity contribution in [2.75, 3.05) is 13.1 Å². The van der Waals surface area contributed by atoms with Crippen molar-refractivity contribution < 1.29 is 9.90 Å². The SMILES string of the molecule is Cl.Cl.N[C@H]1C[C@@H](O)CN(C(=O)CCc2n[nH]c3c2CCCC3)C1. The highest BCUT2D eigenvalue weighted by Gasteiger charge is 2.27. The van der Waals surface area contributed by atoms with E-state index in [1.807, 2.05) is 0 Å². The minimum absolute atomic E-state index is 0. The molecular weight excluding hydrogens is 339 g/mol. The predicted molar refractivity (Wildman–Crippen MR) is 93.2 cm³/mol. The van der Waals surface area contributed by atoms with Crippen LogP contribution in [-0.2, 0) is 24.1 Å². The smallest absolute Gasteiger partial charge is 0.223 e. The summed E-state index contributed by atoms with van der Waals surface area (Å²) in [6.07, 6.45) is 5.78. The van der Waals surface area contributed by atoms with E-state index in [1.54, 1.807) is 4.90 Å². The van der Waals surface area contributed by atoms with Crippen LogP contribution in [-0.4, -0.2) is 51.3 Å². The van der Waals surface area contributed by atoms with Gasteiger partial charge in [-0.15, -0.1) is 24.8 Å². The van der Waals surface area contributed by atoms with Crippen molar-refractivity contribution in [3.8, 4) is 0 Å². The summed E-state index contributed by atoms with van der Waals surface area (Å²) in [5, 5.41) is 17.2. The van der Waals surface area contributed by atoms with Crippen LogP contribution in [0.5, 0.6) is 0 Å². The van der Waals surface area contributed by atoms with Crippen LogP contribution in [0.4, 0.5) is 0 Å². The van der Waals surface area contributed by atoms with Gasteiger partial charge in [0, 0.05) is 37.7 Å². The minimum Gasteiger partial charge on any atom is -0.391 e. The number of carbonyl (C=O) groups excluding carboxylic acids is 1. The number of aromatic amines is 1. The van der Waals surface area contributed by atoms with Crippen molar-refractivity contribution >= 4 is 30.7 Å². The molecule has 1 aromatic heterocycles. The number of hydrogen-bond acceptors (Lipinski definition) is 4. The van der Waals surface area contributed by atoms with Crippen LogP contribution in [0.25, 0.3) is 0 Å². The molecule has 6 nitrogen and oxygen atoms in total. The number of H-pyrrole nitrogens is 1. The second-order valence-corrected chi connectivity index (χ2v) is 6.28. The Hall–Kier alpha value is -0.820. The number of β-amino-alcohol motifs (C(OH)–C–C–N with tert-alkyl or cyclic N) is 1. The van der Waals surface area contributed by atoms with Crippen molar-refractivity contribution in [1.29, 1.82) is 0 Å². The number of aliphatic hydroxyl groups is 1. The van der Waals surface area contributed by atoms with E-state index in [4.69, 9.17) is 5.73 Å². The molecule has 8 heteroatoms. The van der Waals surface area contributed by atoms with Crippen LogP contribution < -0.4 is 5.73 Å². The third-order valence-electron chi connectivity index (χ3n) is 4.53. The molecule has 3 rings (SSSR count). The fraction of sp³-hybridized carbons (Fsp3) is 0.733. The first-order valence-corrected chi connectivity index (χ1v) is 7.90. The molecule has 0 radical (unpaired) electrons. The summed E-state index contributed by atoms with van der Waals surface area (Å²) in [7, 11) is 0. The number of nitrogens with zero attached hydrogens (tertiary/aromatic N) is 2. The van der Waals surface area contributed by atoms with Crippen LogP contribution in [0.1, 0.15) is 42.6 Å². The maximum Gasteiger partial charge on any atom is 0.223 e. The van der Waals surface area contributed by atoms with E-state index in [0.29, 0.717) is 32.4 Å². The molecule has 23 heavy (non-hydrogen) atoms. The summed E-state index contributed by atoms with van der Waals surface area (Å²) in [6.45, 7) is 0.958. The van der Waals surface area contributed by atoms with Crippen molar-refractivity contribution in [1.82, 2.24) is 15.1 Å². The number of nitrogens with one attached hydrogen (secondary N) is 1. The molecule has 2 heterocycles. The first-order chi connectivity index (χ1) is 10.1. The number of aromatic nitrogens is 2. The van der Waals surface area contributed by atoms with Gasteiger partial charge in [-0.25, -0.2) is 0 Å². The molecule has 1 saturated heterocycles. The number of nitrogens with two attached hydrogens (primary N) is 1. The lowest BCUT2D eigenvalue weighted by Crippen LogP contribution is -2.51. The molecule has 1 aliphatic heterocycles. The van der Waals surface area contributed by atoms with Crippen LogP contribution in [0, 0.1) is 0 Å². The lowest BCUT2D eigenvalue weighted by atomic mass is 9.94. The number of likely N-dealkylation sites (tertiary alicyclic amines) is 1. The summed E-state index contributed by atoms with van der Waals surface area (Å²) in [6, 6.07) is -0.115. The topological polar surface area (TPSA) is 95.2 Å². The molecule has 1 aliphatic carbocycles. The van der Waals surface area contributed by atoms with Gasteiger partial charge in [0.05, 0.1) is 11.8 Å². The number of piperidine rings is 1. The van der Waals surface area contributed by atoms with Gasteiger partial charge in [-0.2, -0.15) is 5.10 Å². The second-order valence-electron chi connectivity index (χ2n) is 6.28. The molecule has 0 saturated carbocycles. The van der Waals surface area contributed by atoms with Gasteiger partial charge < -0.3 is 15.7 Å². The van der Waals surface area contributed by atoms with E-state index in [2.05, 4.69) is 10.2 Å². The average molecular weight is 365 g/mol. The first-order valence-electron chi connectivity index (χ1n) is 7.90. The zero-order valence-corrected chi connectivity index (χ0v) is 14.8. The molecule has 1 amide bonds. The minimum atomic E-state index is -0.490. The Bertz CT molecular complexity index is 514. The Morgan fingerprint density at radius 1 is 1.30 bits per heavy atom. The number of carbonyl (C=O) groups is 1. The van der Waals surface area contributed by atoms with Crippen molar-refractivity contribution in [3.05, 3.63) is 17.0 Å². The Morgan fingerprint density at radius 3 is 2.78 bits per heavy atom. The largest absolute Gasteiger partial charge is 0.391 e. The average Bonchev–Trinajstić information content (AvgIpc) is 2.87. The van der Waals surface area contributed by atoms with Gasteiger partial charge in [0.2, 0.25) is 5.91 Å². The zero-order valence-electron chi connectivity index (χ0n) is 13.2. The standard InChI is InChI=1S/C15H24N4O2.2ClH/c16-10-7-11(20)9-19(8-10)15(21)6-5-14-12-3-1-2-4-13(12)17-18-14;;/h10-11,20H,1-9,16H2,(H,17,18);2*1H/t10-,11+;;/m0../s1. The van der Waals surface area contributed by atoms with Gasteiger partial charge in [-0.1, -0.05) is 0 Å². The summed E-state index contributed by atoms with van der Waals surface area (Å²) in [5.41, 5.74) is 9.48. The fourth-order valence-electron chi connectivity index (χ4n) is 3.45. The van der Waals surface area contributed by atoms with E-state index in [1.165, 1.54) is 24.1 Å². The number of fused-ring (bicyclic) bond motifs is 1. The molecular formula is C15H26Cl2N4O2. The van der Waals surface area contributed by atoms with Gasteiger partial charge >= 0.3 is 0 Å². The van der Waals surface area contributed by atoms with Gasteiger partial charge in [0.1, 0.15) is 0 Å². The number of hydrogen-bond donors (Lipinski definition) is 3. The maximum atomic E-state index is 12.3. The van der Waals surface area contributed by atoms with Crippen molar-refractivity contribution in [3.63, 3.8) is 0 Å². The molecule has 0 bridgehead atoms. The highest BCUT2D eigenvalue weighted by molar-refractivity contribution is 5.85. The lowest BCUT2D eigenvalue weighted by molar-refractivity contribution is -0.134. The van der Waals surface area contributed by atoms with E-state index < -0.39 is 6.10 Å². The highest BCUT2D eigenvalue weighted by Crippen LogP contribution is 2.23. The molecule has 2 aliphatic rings. The second kappa shape index (κ2) is 8.87. The third kappa shape index (κ3) is 4.83. The predicted octanol–water partition coefficient (Wildman–Crippen LogP) is 0.985. The zero-order chi connectivity index (χ0) is 14.8. The van der Waals surface area contributed by atoms with E-state index in [-0.39, 0.29) is 36.8 Å². The summed E-state index contributed by atoms with van der Waals surface area (Å²) in [4.78, 5) is 14.0. The molecule has 4 N–H and O–H groups in total. The quantitative estimate of drug-likeness (QED) is 0.744. The van der Waals surface area contributed by atoms with Gasteiger partial charge in [-0.05, 0) is 37.7 Å². The van der Waals surface area contributed by atoms with Gasteiger partial charge in [0.25, 0.3) is 0 Å². The monoisotopic (exact) mass is 364 g/mol. The van der Waals surface area contributed by atoms with Crippen molar-refractivity contribution in [2.24, 2.45) is 5.73 Å².